The van der Waals surface area contributed by atoms with Crippen LogP contribution in [-0.2, 0) is 4.74 Å². The van der Waals surface area contributed by atoms with Gasteiger partial charge < -0.3 is 15.8 Å². The highest BCUT2D eigenvalue weighted by molar-refractivity contribution is 5.96. The van der Waals surface area contributed by atoms with Gasteiger partial charge in [0, 0.05) is 24.4 Å². The van der Waals surface area contributed by atoms with Gasteiger partial charge in [-0.25, -0.2) is 0 Å². The first kappa shape index (κ1) is 12.9. The van der Waals surface area contributed by atoms with Crippen LogP contribution in [-0.4, -0.2) is 24.7 Å². The molecule has 1 aliphatic rings. The second-order valence-corrected chi connectivity index (χ2v) is 5.16. The van der Waals surface area contributed by atoms with Crippen molar-refractivity contribution < 1.29 is 9.53 Å². The number of hydrogen-bond donors (Lipinski definition) is 2. The Morgan fingerprint density at radius 1 is 1.56 bits per heavy atom. The van der Waals surface area contributed by atoms with Gasteiger partial charge in [0.2, 0.25) is 0 Å². The van der Waals surface area contributed by atoms with Crippen LogP contribution in [0.25, 0.3) is 0 Å². The zero-order chi connectivity index (χ0) is 13.2. The van der Waals surface area contributed by atoms with Gasteiger partial charge in [-0.1, -0.05) is 6.07 Å². The third-order valence-corrected chi connectivity index (χ3v) is 3.43. The molecule has 1 atom stereocenters. The molecule has 1 unspecified atom stereocenters. The summed E-state index contributed by atoms with van der Waals surface area (Å²) in [6.07, 6.45) is 2.05. The van der Waals surface area contributed by atoms with Crippen LogP contribution in [0, 0.1) is 6.92 Å². The lowest BCUT2D eigenvalue weighted by Gasteiger charge is -2.23. The predicted molar refractivity (Wildman–Crippen MR) is 71.5 cm³/mol. The highest BCUT2D eigenvalue weighted by Crippen LogP contribution is 2.24. The Morgan fingerprint density at radius 3 is 3.00 bits per heavy atom. The first-order valence-corrected chi connectivity index (χ1v) is 6.28. The van der Waals surface area contributed by atoms with E-state index in [0.717, 1.165) is 25.0 Å². The van der Waals surface area contributed by atoms with Gasteiger partial charge in [-0.05, 0) is 44.4 Å². The average molecular weight is 248 g/mol. The van der Waals surface area contributed by atoms with Crippen LogP contribution >= 0.6 is 0 Å². The summed E-state index contributed by atoms with van der Waals surface area (Å²) < 4.78 is 5.64. The zero-order valence-corrected chi connectivity index (χ0v) is 11.0. The number of anilines is 1. The number of benzene rings is 1. The fourth-order valence-electron chi connectivity index (χ4n) is 2.22. The van der Waals surface area contributed by atoms with E-state index in [0.29, 0.717) is 17.8 Å². The average Bonchev–Trinajstić information content (AvgIpc) is 2.77. The molecular formula is C14H20N2O2. The second-order valence-electron chi connectivity index (χ2n) is 5.16. The molecule has 1 aromatic carbocycles. The van der Waals surface area contributed by atoms with Crippen molar-refractivity contribution in [3.63, 3.8) is 0 Å². The minimum absolute atomic E-state index is 0.0866. The van der Waals surface area contributed by atoms with E-state index in [9.17, 15) is 4.79 Å². The molecule has 1 fully saturated rings. The van der Waals surface area contributed by atoms with Crippen molar-refractivity contribution >= 4 is 11.6 Å². The van der Waals surface area contributed by atoms with Crippen molar-refractivity contribution in [1.82, 2.24) is 5.32 Å². The molecule has 0 radical (unpaired) electrons. The van der Waals surface area contributed by atoms with E-state index in [4.69, 9.17) is 10.5 Å². The van der Waals surface area contributed by atoms with Gasteiger partial charge >= 0.3 is 0 Å². The van der Waals surface area contributed by atoms with Gasteiger partial charge in [0.15, 0.2) is 0 Å². The number of carbonyl (C=O) groups excluding carboxylic acids is 1. The Morgan fingerprint density at radius 2 is 2.33 bits per heavy atom. The summed E-state index contributed by atoms with van der Waals surface area (Å²) in [4.78, 5) is 12.1. The number of hydrogen-bond acceptors (Lipinski definition) is 3. The molecule has 3 N–H and O–H groups in total. The van der Waals surface area contributed by atoms with E-state index >= 15 is 0 Å². The molecule has 1 heterocycles. The maximum atomic E-state index is 12.1. The molecule has 1 aliphatic heterocycles. The minimum Gasteiger partial charge on any atom is -0.399 e. The molecule has 0 spiro atoms. The van der Waals surface area contributed by atoms with E-state index in [1.165, 1.54) is 0 Å². The zero-order valence-electron chi connectivity index (χ0n) is 11.0. The standard InChI is InChI=1S/C14H20N2O2/c1-10-4-5-11(15)8-12(10)13(17)16-9-14(2)6-3-7-18-14/h4-5,8H,3,6-7,9,15H2,1-2H3,(H,16,17). The number of carbonyl (C=O) groups is 1. The Bertz CT molecular complexity index is 451. The Balaban J connectivity index is 2.01. The van der Waals surface area contributed by atoms with Gasteiger partial charge in [-0.3, -0.25) is 4.79 Å². The molecule has 1 amide bonds. The van der Waals surface area contributed by atoms with Crippen molar-refractivity contribution in [2.75, 3.05) is 18.9 Å². The minimum atomic E-state index is -0.218. The van der Waals surface area contributed by atoms with E-state index < -0.39 is 0 Å². The summed E-state index contributed by atoms with van der Waals surface area (Å²) in [5.41, 5.74) is 7.66. The number of nitrogens with one attached hydrogen (secondary N) is 1. The molecule has 2 rings (SSSR count). The van der Waals surface area contributed by atoms with E-state index in [1.54, 1.807) is 12.1 Å². The first-order chi connectivity index (χ1) is 8.50. The van der Waals surface area contributed by atoms with Crippen LogP contribution in [0.5, 0.6) is 0 Å². The van der Waals surface area contributed by atoms with Gasteiger partial charge in [0.05, 0.1) is 5.60 Å². The lowest BCUT2D eigenvalue weighted by molar-refractivity contribution is 0.0206. The molecule has 1 aromatic rings. The van der Waals surface area contributed by atoms with E-state index in [-0.39, 0.29) is 11.5 Å². The monoisotopic (exact) mass is 248 g/mol. The molecule has 4 nitrogen and oxygen atoms in total. The molecule has 98 valence electrons. The third-order valence-electron chi connectivity index (χ3n) is 3.43. The SMILES string of the molecule is Cc1ccc(N)cc1C(=O)NCC1(C)CCCO1. The number of nitrogen functional groups attached to an aromatic ring is 1. The quantitative estimate of drug-likeness (QED) is 0.803. The molecule has 1 saturated heterocycles. The Kier molecular flexibility index (Phi) is 3.57. The van der Waals surface area contributed by atoms with E-state index in [1.807, 2.05) is 19.9 Å². The number of rotatable bonds is 3. The summed E-state index contributed by atoms with van der Waals surface area (Å²) in [5, 5.41) is 2.93. The lowest BCUT2D eigenvalue weighted by atomic mass is 10.0. The van der Waals surface area contributed by atoms with Crippen LogP contribution in [0.2, 0.25) is 0 Å². The van der Waals surface area contributed by atoms with Crippen molar-refractivity contribution in [3.05, 3.63) is 29.3 Å². The number of amides is 1. The second kappa shape index (κ2) is 4.98. The fourth-order valence-corrected chi connectivity index (χ4v) is 2.22. The summed E-state index contributed by atoms with van der Waals surface area (Å²) in [5.74, 6) is -0.0866. The summed E-state index contributed by atoms with van der Waals surface area (Å²) in [6, 6.07) is 5.37. The smallest absolute Gasteiger partial charge is 0.251 e. The normalized spacial score (nSPS) is 23.0. The van der Waals surface area contributed by atoms with Crippen LogP contribution in [0.1, 0.15) is 35.7 Å². The van der Waals surface area contributed by atoms with Crippen LogP contribution in [0.15, 0.2) is 18.2 Å². The van der Waals surface area contributed by atoms with Gasteiger partial charge in [0.1, 0.15) is 0 Å². The highest BCUT2D eigenvalue weighted by Gasteiger charge is 2.30. The maximum absolute atomic E-state index is 12.1. The van der Waals surface area contributed by atoms with E-state index in [2.05, 4.69) is 5.32 Å². The lowest BCUT2D eigenvalue weighted by Crippen LogP contribution is -2.40. The molecule has 18 heavy (non-hydrogen) atoms. The summed E-state index contributed by atoms with van der Waals surface area (Å²) in [7, 11) is 0. The third kappa shape index (κ3) is 2.82. The highest BCUT2D eigenvalue weighted by atomic mass is 16.5. The van der Waals surface area contributed by atoms with Gasteiger partial charge in [-0.15, -0.1) is 0 Å². The Labute approximate surface area is 108 Å². The fraction of sp³-hybridized carbons (Fsp3) is 0.500. The maximum Gasteiger partial charge on any atom is 0.251 e. The topological polar surface area (TPSA) is 64.4 Å². The largest absolute Gasteiger partial charge is 0.399 e. The van der Waals surface area contributed by atoms with Crippen LogP contribution in [0.4, 0.5) is 5.69 Å². The van der Waals surface area contributed by atoms with Gasteiger partial charge in [0.25, 0.3) is 5.91 Å². The number of aryl methyl sites for hydroxylation is 1. The first-order valence-electron chi connectivity index (χ1n) is 6.28. The molecule has 4 heteroatoms. The van der Waals surface area contributed by atoms with Crippen molar-refractivity contribution in [3.8, 4) is 0 Å². The summed E-state index contributed by atoms with van der Waals surface area (Å²) >= 11 is 0. The Hall–Kier alpha value is -1.55. The molecule has 0 saturated carbocycles. The predicted octanol–water partition coefficient (Wildman–Crippen LogP) is 1.88. The molecule has 0 bridgehead atoms. The van der Waals surface area contributed by atoms with Crippen molar-refractivity contribution in [1.29, 1.82) is 0 Å². The molecular weight excluding hydrogens is 228 g/mol. The number of nitrogens with two attached hydrogens (primary N) is 1. The van der Waals surface area contributed by atoms with Crippen LogP contribution in [0.3, 0.4) is 0 Å². The number of ether oxygens (including phenoxy) is 1. The molecule has 0 aromatic heterocycles. The van der Waals surface area contributed by atoms with Gasteiger partial charge in [-0.2, -0.15) is 0 Å². The summed E-state index contributed by atoms with van der Waals surface area (Å²) in [6.45, 7) is 5.26. The van der Waals surface area contributed by atoms with Crippen LogP contribution < -0.4 is 11.1 Å². The molecule has 0 aliphatic carbocycles. The van der Waals surface area contributed by atoms with Crippen molar-refractivity contribution in [2.45, 2.75) is 32.3 Å². The van der Waals surface area contributed by atoms with Crippen molar-refractivity contribution in [2.24, 2.45) is 0 Å².